The number of nitrogens with zero attached hydrogens (tertiary/aromatic N) is 3. The van der Waals surface area contributed by atoms with Gasteiger partial charge in [0.25, 0.3) is 11.6 Å². The van der Waals surface area contributed by atoms with Gasteiger partial charge in [0.2, 0.25) is 5.89 Å². The van der Waals surface area contributed by atoms with Gasteiger partial charge in [-0.1, -0.05) is 6.07 Å². The van der Waals surface area contributed by atoms with Crippen LogP contribution in [-0.4, -0.2) is 35.3 Å². The first kappa shape index (κ1) is 20.8. The molecule has 0 bridgehead atoms. The molecule has 3 rings (SSSR count). The summed E-state index contributed by atoms with van der Waals surface area (Å²) in [5.74, 6) is 0.901. The van der Waals surface area contributed by atoms with Crippen LogP contribution in [0.1, 0.15) is 24.5 Å². The number of hydrogen-bond acceptors (Lipinski definition) is 9. The lowest BCUT2D eigenvalue weighted by Gasteiger charge is -2.12. The number of carbonyl (C=O) groups is 1. The molecule has 0 N–H and O–H groups in total. The molecule has 0 saturated carbocycles. The number of rotatable bonds is 8. The largest absolute Gasteiger partial charge is 0.497 e. The number of nitro groups is 1. The lowest BCUT2D eigenvalue weighted by atomic mass is 10.1. The minimum absolute atomic E-state index is 0.0130. The van der Waals surface area contributed by atoms with Gasteiger partial charge in [0.05, 0.1) is 25.6 Å². The summed E-state index contributed by atoms with van der Waals surface area (Å²) >= 11 is 0. The number of benzene rings is 2. The molecule has 0 aliphatic rings. The quantitative estimate of drug-likeness (QED) is 0.309. The van der Waals surface area contributed by atoms with Crippen molar-refractivity contribution in [3.8, 4) is 23.0 Å². The molecule has 0 spiro atoms. The maximum absolute atomic E-state index is 12.3. The molecule has 30 heavy (non-hydrogen) atoms. The molecule has 0 aliphatic carbocycles. The summed E-state index contributed by atoms with van der Waals surface area (Å²) in [6.45, 7) is 1.61. The Morgan fingerprint density at radius 1 is 1.13 bits per heavy atom. The molecule has 0 aliphatic heterocycles. The van der Waals surface area contributed by atoms with Crippen molar-refractivity contribution in [3.05, 3.63) is 64.0 Å². The van der Waals surface area contributed by atoms with Crippen molar-refractivity contribution in [2.45, 2.75) is 19.4 Å². The molecule has 0 radical (unpaired) electrons. The topological polar surface area (TPSA) is 127 Å². The van der Waals surface area contributed by atoms with Gasteiger partial charge in [-0.25, -0.2) is 0 Å². The Labute approximate surface area is 171 Å². The van der Waals surface area contributed by atoms with Crippen LogP contribution in [0.4, 0.5) is 5.69 Å². The number of aromatic nitrogens is 2. The second kappa shape index (κ2) is 9.03. The standard InChI is InChI=1S/C20H19N3O7/c1-12(29-18(24)10-14-6-9-16(27-2)11-17(14)28-3)19-21-22-20(30-19)13-4-7-15(8-5-13)23(25)26/h4-9,11-12H,10H2,1-3H3/t12-/m1/s1. The van der Waals surface area contributed by atoms with E-state index in [0.717, 1.165) is 0 Å². The third-order valence-corrected chi connectivity index (χ3v) is 4.25. The van der Waals surface area contributed by atoms with Gasteiger partial charge < -0.3 is 18.6 Å². The smallest absolute Gasteiger partial charge is 0.311 e. The maximum Gasteiger partial charge on any atom is 0.311 e. The van der Waals surface area contributed by atoms with Crippen LogP contribution < -0.4 is 9.47 Å². The van der Waals surface area contributed by atoms with Gasteiger partial charge in [-0.3, -0.25) is 14.9 Å². The minimum Gasteiger partial charge on any atom is -0.497 e. The highest BCUT2D eigenvalue weighted by Crippen LogP contribution is 2.27. The highest BCUT2D eigenvalue weighted by atomic mass is 16.6. The molecular weight excluding hydrogens is 394 g/mol. The first-order valence-electron chi connectivity index (χ1n) is 8.90. The SMILES string of the molecule is COc1ccc(CC(=O)O[C@H](C)c2nnc(-c3ccc([N+](=O)[O-])cc3)o2)c(OC)c1. The van der Waals surface area contributed by atoms with E-state index in [-0.39, 0.29) is 23.9 Å². The van der Waals surface area contributed by atoms with Gasteiger partial charge >= 0.3 is 5.97 Å². The predicted molar refractivity (Wildman–Crippen MR) is 104 cm³/mol. The zero-order chi connectivity index (χ0) is 21.7. The van der Waals surface area contributed by atoms with Gasteiger partial charge in [-0.05, 0) is 25.1 Å². The van der Waals surface area contributed by atoms with Gasteiger partial charge in [0.1, 0.15) is 11.5 Å². The van der Waals surface area contributed by atoms with Crippen LogP contribution in [0.25, 0.3) is 11.5 Å². The van der Waals surface area contributed by atoms with E-state index in [1.54, 1.807) is 32.2 Å². The van der Waals surface area contributed by atoms with Gasteiger partial charge in [0, 0.05) is 29.3 Å². The van der Waals surface area contributed by atoms with Crippen molar-refractivity contribution in [3.63, 3.8) is 0 Å². The summed E-state index contributed by atoms with van der Waals surface area (Å²) in [4.78, 5) is 22.6. The fraction of sp³-hybridized carbons (Fsp3) is 0.250. The fourth-order valence-electron chi connectivity index (χ4n) is 2.68. The van der Waals surface area contributed by atoms with Crippen LogP contribution in [0.15, 0.2) is 46.9 Å². The second-order valence-corrected chi connectivity index (χ2v) is 6.24. The van der Waals surface area contributed by atoms with Gasteiger partial charge in [-0.15, -0.1) is 10.2 Å². The van der Waals surface area contributed by atoms with Crippen LogP contribution in [0, 0.1) is 10.1 Å². The Kier molecular flexibility index (Phi) is 6.26. The van der Waals surface area contributed by atoms with Gasteiger partial charge in [-0.2, -0.15) is 0 Å². The van der Waals surface area contributed by atoms with Crippen LogP contribution in [0.2, 0.25) is 0 Å². The Balaban J connectivity index is 1.66. The lowest BCUT2D eigenvalue weighted by Crippen LogP contribution is -2.12. The molecule has 1 aromatic heterocycles. The van der Waals surface area contributed by atoms with E-state index in [4.69, 9.17) is 18.6 Å². The normalized spacial score (nSPS) is 11.6. The molecular formula is C20H19N3O7. The van der Waals surface area contributed by atoms with Crippen LogP contribution in [0.5, 0.6) is 11.5 Å². The van der Waals surface area contributed by atoms with Crippen molar-refractivity contribution >= 4 is 11.7 Å². The number of methoxy groups -OCH3 is 2. The van der Waals surface area contributed by atoms with Crippen molar-refractivity contribution in [2.24, 2.45) is 0 Å². The summed E-state index contributed by atoms with van der Waals surface area (Å²) in [6.07, 6.45) is -0.790. The van der Waals surface area contributed by atoms with Gasteiger partial charge in [0.15, 0.2) is 6.10 Å². The first-order valence-corrected chi connectivity index (χ1v) is 8.90. The van der Waals surface area contributed by atoms with E-state index in [2.05, 4.69) is 10.2 Å². The Hall–Kier alpha value is -3.95. The van der Waals surface area contributed by atoms with E-state index >= 15 is 0 Å². The molecule has 0 amide bonds. The molecule has 10 heteroatoms. The molecule has 156 valence electrons. The van der Waals surface area contributed by atoms with Crippen molar-refractivity contribution in [2.75, 3.05) is 14.2 Å². The number of nitro benzene ring substituents is 1. The number of non-ortho nitro benzene ring substituents is 1. The van der Waals surface area contributed by atoms with Crippen LogP contribution in [0.3, 0.4) is 0 Å². The third-order valence-electron chi connectivity index (χ3n) is 4.25. The molecule has 10 nitrogen and oxygen atoms in total. The summed E-state index contributed by atoms with van der Waals surface area (Å²) in [7, 11) is 3.05. The van der Waals surface area contributed by atoms with E-state index < -0.39 is 17.0 Å². The van der Waals surface area contributed by atoms with Crippen LogP contribution in [-0.2, 0) is 16.0 Å². The zero-order valence-electron chi connectivity index (χ0n) is 16.5. The summed E-state index contributed by atoms with van der Waals surface area (Å²) in [5.41, 5.74) is 1.11. The minimum atomic E-state index is -0.777. The molecule has 2 aromatic carbocycles. The summed E-state index contributed by atoms with van der Waals surface area (Å²) in [6, 6.07) is 10.8. The van der Waals surface area contributed by atoms with Crippen molar-refractivity contribution < 1.29 is 28.3 Å². The number of hydrogen-bond donors (Lipinski definition) is 0. The molecule has 0 unspecified atom stereocenters. The summed E-state index contributed by atoms with van der Waals surface area (Å²) < 4.78 is 21.4. The lowest BCUT2D eigenvalue weighted by molar-refractivity contribution is -0.384. The summed E-state index contributed by atoms with van der Waals surface area (Å²) in [5, 5.41) is 18.5. The Morgan fingerprint density at radius 2 is 1.87 bits per heavy atom. The predicted octanol–water partition coefficient (Wildman–Crippen LogP) is 3.51. The first-order chi connectivity index (χ1) is 14.4. The average Bonchev–Trinajstić information content (AvgIpc) is 3.24. The van der Waals surface area contributed by atoms with E-state index in [1.807, 2.05) is 0 Å². The second-order valence-electron chi connectivity index (χ2n) is 6.24. The molecule has 1 atom stereocenters. The molecule has 0 saturated heterocycles. The molecule has 3 aromatic rings. The molecule has 0 fully saturated rings. The highest BCUT2D eigenvalue weighted by Gasteiger charge is 2.20. The zero-order valence-corrected chi connectivity index (χ0v) is 16.5. The number of carbonyl (C=O) groups excluding carboxylic acids is 1. The van der Waals surface area contributed by atoms with E-state index in [1.165, 1.54) is 31.4 Å². The van der Waals surface area contributed by atoms with Crippen LogP contribution >= 0.6 is 0 Å². The average molecular weight is 413 g/mol. The monoisotopic (exact) mass is 413 g/mol. The maximum atomic E-state index is 12.3. The number of esters is 1. The highest BCUT2D eigenvalue weighted by molar-refractivity contribution is 5.74. The Morgan fingerprint density at radius 3 is 2.50 bits per heavy atom. The number of ether oxygens (including phenoxy) is 3. The van der Waals surface area contributed by atoms with E-state index in [0.29, 0.717) is 22.6 Å². The fourth-order valence-corrected chi connectivity index (χ4v) is 2.68. The molecule has 1 heterocycles. The Bertz CT molecular complexity index is 1050. The van der Waals surface area contributed by atoms with Crippen molar-refractivity contribution in [1.29, 1.82) is 0 Å². The van der Waals surface area contributed by atoms with E-state index in [9.17, 15) is 14.9 Å². The van der Waals surface area contributed by atoms with Crippen molar-refractivity contribution in [1.82, 2.24) is 10.2 Å². The third kappa shape index (κ3) is 4.72.